The zero-order valence-electron chi connectivity index (χ0n) is 10.4. The number of rotatable bonds is 2. The van der Waals surface area contributed by atoms with E-state index in [1.807, 2.05) is 0 Å². The molecular weight excluding hydrogens is 228 g/mol. The Morgan fingerprint density at radius 1 is 1.33 bits per heavy atom. The van der Waals surface area contributed by atoms with Crippen LogP contribution < -0.4 is 10.2 Å². The molecule has 1 aromatic heterocycles. The molecule has 3 rings (SSSR count). The Bertz CT molecular complexity index is 535. The molecule has 2 aromatic rings. The van der Waals surface area contributed by atoms with Crippen LogP contribution in [0.1, 0.15) is 12.2 Å². The Kier molecular flexibility index (Phi) is 2.84. The first-order chi connectivity index (χ1) is 8.83. The lowest BCUT2D eigenvalue weighted by Gasteiger charge is -2.22. The molecule has 0 aliphatic carbocycles. The van der Waals surface area contributed by atoms with Gasteiger partial charge in [-0.25, -0.2) is 0 Å². The van der Waals surface area contributed by atoms with Gasteiger partial charge in [0.25, 0.3) is 0 Å². The number of nitrogens with one attached hydrogen (secondary N) is 1. The van der Waals surface area contributed by atoms with Gasteiger partial charge in [-0.2, -0.15) is 4.80 Å². The Labute approximate surface area is 106 Å². The molecule has 94 valence electrons. The van der Waals surface area contributed by atoms with Crippen molar-refractivity contribution in [1.29, 1.82) is 0 Å². The van der Waals surface area contributed by atoms with Gasteiger partial charge in [-0.15, -0.1) is 10.2 Å². The molecule has 1 N–H and O–H groups in total. The Morgan fingerprint density at radius 2 is 2.22 bits per heavy atom. The molecule has 0 amide bonds. The van der Waals surface area contributed by atoms with Gasteiger partial charge in [0.15, 0.2) is 5.82 Å². The number of hydrogen-bond donors (Lipinski definition) is 1. The maximum Gasteiger partial charge on any atom is 0.193 e. The van der Waals surface area contributed by atoms with Crippen molar-refractivity contribution in [1.82, 2.24) is 20.2 Å². The van der Waals surface area contributed by atoms with Crippen LogP contribution in [0.3, 0.4) is 0 Å². The lowest BCUT2D eigenvalue weighted by Crippen LogP contribution is -2.24. The third-order valence-corrected chi connectivity index (χ3v) is 3.05. The van der Waals surface area contributed by atoms with Gasteiger partial charge >= 0.3 is 0 Å². The van der Waals surface area contributed by atoms with Crippen molar-refractivity contribution < 1.29 is 0 Å². The molecule has 1 aliphatic rings. The number of hydrogen-bond acceptors (Lipinski definition) is 5. The van der Waals surface area contributed by atoms with Crippen LogP contribution in [0.5, 0.6) is 0 Å². The second-order valence-corrected chi connectivity index (χ2v) is 4.41. The van der Waals surface area contributed by atoms with E-state index in [1.165, 1.54) is 16.2 Å². The second-order valence-electron chi connectivity index (χ2n) is 4.41. The number of fused-ring (bicyclic) bond motifs is 1. The predicted octanol–water partition coefficient (Wildman–Crippen LogP) is 1.03. The van der Waals surface area contributed by atoms with Gasteiger partial charge in [0.1, 0.15) is 0 Å². The quantitative estimate of drug-likeness (QED) is 0.855. The lowest BCUT2D eigenvalue weighted by molar-refractivity contribution is 0.626. The maximum atomic E-state index is 4.24. The summed E-state index contributed by atoms with van der Waals surface area (Å²) in [4.78, 5) is 3.80. The van der Waals surface area contributed by atoms with Gasteiger partial charge in [0.2, 0.25) is 0 Å². The standard InChI is InChI=1S/C12H16N6/c1-17-15-12(14-16-17)9-18-8-4-7-13-10-5-2-3-6-11(10)18/h2-3,5-6,13H,4,7-9H2,1H3. The van der Waals surface area contributed by atoms with E-state index >= 15 is 0 Å². The van der Waals surface area contributed by atoms with E-state index < -0.39 is 0 Å². The van der Waals surface area contributed by atoms with Crippen molar-refractivity contribution in [2.45, 2.75) is 13.0 Å². The summed E-state index contributed by atoms with van der Waals surface area (Å²) in [6.07, 6.45) is 1.11. The number of anilines is 2. The molecule has 18 heavy (non-hydrogen) atoms. The summed E-state index contributed by atoms with van der Waals surface area (Å²) in [5, 5.41) is 15.6. The molecule has 2 heterocycles. The van der Waals surface area contributed by atoms with Gasteiger partial charge < -0.3 is 10.2 Å². The fourth-order valence-corrected chi connectivity index (χ4v) is 2.23. The van der Waals surface area contributed by atoms with Crippen LogP contribution >= 0.6 is 0 Å². The molecule has 6 nitrogen and oxygen atoms in total. The van der Waals surface area contributed by atoms with E-state index in [-0.39, 0.29) is 0 Å². The van der Waals surface area contributed by atoms with Crippen molar-refractivity contribution in [3.05, 3.63) is 30.1 Å². The molecule has 0 saturated heterocycles. The summed E-state index contributed by atoms with van der Waals surface area (Å²) >= 11 is 0. The fraction of sp³-hybridized carbons (Fsp3) is 0.417. The second kappa shape index (κ2) is 4.64. The van der Waals surface area contributed by atoms with Gasteiger partial charge in [-0.1, -0.05) is 12.1 Å². The monoisotopic (exact) mass is 244 g/mol. The normalized spacial score (nSPS) is 14.8. The van der Waals surface area contributed by atoms with Gasteiger partial charge in [-0.3, -0.25) is 0 Å². The number of nitrogens with zero attached hydrogens (tertiary/aromatic N) is 5. The van der Waals surface area contributed by atoms with Crippen LogP contribution in [0.15, 0.2) is 24.3 Å². The largest absolute Gasteiger partial charge is 0.383 e. The van der Waals surface area contributed by atoms with E-state index in [0.29, 0.717) is 6.54 Å². The first-order valence-electron chi connectivity index (χ1n) is 6.13. The van der Waals surface area contributed by atoms with E-state index in [4.69, 9.17) is 0 Å². The SMILES string of the molecule is Cn1nnc(CN2CCCNc3ccccc32)n1. The van der Waals surface area contributed by atoms with Crippen molar-refractivity contribution in [3.63, 3.8) is 0 Å². The predicted molar refractivity (Wildman–Crippen MR) is 69.4 cm³/mol. The van der Waals surface area contributed by atoms with E-state index in [2.05, 4.69) is 49.9 Å². The Balaban J connectivity index is 1.87. The highest BCUT2D eigenvalue weighted by Gasteiger charge is 2.16. The summed E-state index contributed by atoms with van der Waals surface area (Å²) in [5.74, 6) is 0.759. The first kappa shape index (κ1) is 11.0. The van der Waals surface area contributed by atoms with Crippen LogP contribution in [-0.4, -0.2) is 33.3 Å². The molecule has 0 radical (unpaired) electrons. The summed E-state index contributed by atoms with van der Waals surface area (Å²) in [6, 6.07) is 8.35. The summed E-state index contributed by atoms with van der Waals surface area (Å²) < 4.78 is 0. The number of tetrazole rings is 1. The van der Waals surface area contributed by atoms with E-state index in [1.54, 1.807) is 7.05 Å². The third kappa shape index (κ3) is 2.13. The third-order valence-electron chi connectivity index (χ3n) is 3.05. The zero-order chi connectivity index (χ0) is 12.4. The molecule has 1 aliphatic heterocycles. The number of para-hydroxylation sites is 2. The average molecular weight is 244 g/mol. The molecule has 0 saturated carbocycles. The van der Waals surface area contributed by atoms with E-state index in [0.717, 1.165) is 25.3 Å². The number of aromatic nitrogens is 4. The maximum absolute atomic E-state index is 4.24. The molecule has 0 unspecified atom stereocenters. The minimum atomic E-state index is 0.701. The lowest BCUT2D eigenvalue weighted by atomic mass is 10.2. The van der Waals surface area contributed by atoms with Crippen LogP contribution in [0.25, 0.3) is 0 Å². The van der Waals surface area contributed by atoms with Crippen molar-refractivity contribution in [3.8, 4) is 0 Å². The topological polar surface area (TPSA) is 58.9 Å². The van der Waals surface area contributed by atoms with Crippen LogP contribution in [0, 0.1) is 0 Å². The van der Waals surface area contributed by atoms with Crippen molar-refractivity contribution >= 4 is 11.4 Å². The Hall–Kier alpha value is -2.11. The van der Waals surface area contributed by atoms with Gasteiger partial charge in [0.05, 0.1) is 25.0 Å². The molecule has 0 fully saturated rings. The highest BCUT2D eigenvalue weighted by Crippen LogP contribution is 2.28. The molecule has 0 spiro atoms. The molecular formula is C12H16N6. The van der Waals surface area contributed by atoms with Crippen LogP contribution in [0.4, 0.5) is 11.4 Å². The van der Waals surface area contributed by atoms with Crippen LogP contribution in [-0.2, 0) is 13.6 Å². The highest BCUT2D eigenvalue weighted by molar-refractivity contribution is 5.70. The summed E-state index contributed by atoms with van der Waals surface area (Å²) in [6.45, 7) is 2.70. The zero-order valence-corrected chi connectivity index (χ0v) is 10.4. The minimum Gasteiger partial charge on any atom is -0.383 e. The van der Waals surface area contributed by atoms with Gasteiger partial charge in [-0.05, 0) is 23.8 Å². The smallest absolute Gasteiger partial charge is 0.193 e. The minimum absolute atomic E-state index is 0.701. The summed E-state index contributed by atoms with van der Waals surface area (Å²) in [5.41, 5.74) is 2.39. The van der Waals surface area contributed by atoms with E-state index in [9.17, 15) is 0 Å². The fourth-order valence-electron chi connectivity index (χ4n) is 2.23. The van der Waals surface area contributed by atoms with Crippen molar-refractivity contribution in [2.24, 2.45) is 7.05 Å². The van der Waals surface area contributed by atoms with Gasteiger partial charge in [0, 0.05) is 13.1 Å². The molecule has 0 bridgehead atoms. The molecule has 0 atom stereocenters. The summed E-state index contributed by atoms with van der Waals surface area (Å²) in [7, 11) is 1.79. The average Bonchev–Trinajstić information content (AvgIpc) is 2.68. The Morgan fingerprint density at radius 3 is 3.06 bits per heavy atom. The van der Waals surface area contributed by atoms with Crippen LogP contribution in [0.2, 0.25) is 0 Å². The molecule has 1 aromatic carbocycles. The highest BCUT2D eigenvalue weighted by atomic mass is 15.6. The number of aryl methyl sites for hydroxylation is 1. The number of benzene rings is 1. The first-order valence-corrected chi connectivity index (χ1v) is 6.13. The van der Waals surface area contributed by atoms with Crippen molar-refractivity contribution in [2.75, 3.05) is 23.3 Å². The molecule has 6 heteroatoms.